The van der Waals surface area contributed by atoms with Crippen molar-refractivity contribution in [3.05, 3.63) is 17.4 Å². The molecular formula is C15H26ClN3O3. The van der Waals surface area contributed by atoms with E-state index in [0.29, 0.717) is 24.6 Å². The zero-order chi connectivity index (χ0) is 16.0. The number of aromatic nitrogens is 2. The third-order valence-corrected chi connectivity index (χ3v) is 4.74. The highest BCUT2D eigenvalue weighted by molar-refractivity contribution is 6.30. The number of halogens is 1. The molecule has 0 aliphatic carbocycles. The molecular weight excluding hydrogens is 306 g/mol. The van der Waals surface area contributed by atoms with Gasteiger partial charge in [0.15, 0.2) is 0 Å². The Balaban J connectivity index is 1.90. The second kappa shape index (κ2) is 8.26. The Morgan fingerprint density at radius 3 is 2.95 bits per heavy atom. The molecule has 1 aliphatic heterocycles. The monoisotopic (exact) mass is 331 g/mol. The van der Waals surface area contributed by atoms with Crippen molar-refractivity contribution >= 4 is 11.6 Å². The smallest absolute Gasteiger partial charge is 0.0785 e. The van der Waals surface area contributed by atoms with Gasteiger partial charge in [0.25, 0.3) is 0 Å². The Labute approximate surface area is 136 Å². The summed E-state index contributed by atoms with van der Waals surface area (Å²) in [5.41, 5.74) is -0.446. The van der Waals surface area contributed by atoms with E-state index in [0.717, 1.165) is 32.5 Å². The van der Waals surface area contributed by atoms with Crippen LogP contribution in [-0.4, -0.2) is 71.0 Å². The Hall–Kier alpha value is -0.660. The second-order valence-corrected chi connectivity index (χ2v) is 6.56. The first kappa shape index (κ1) is 17.7. The molecule has 1 aromatic rings. The summed E-state index contributed by atoms with van der Waals surface area (Å²) in [7, 11) is 1.67. The third-order valence-electron chi connectivity index (χ3n) is 4.55. The number of methoxy groups -OCH3 is 1. The van der Waals surface area contributed by atoms with E-state index in [-0.39, 0.29) is 6.61 Å². The number of aliphatic hydroxyl groups excluding tert-OH is 2. The van der Waals surface area contributed by atoms with Crippen molar-refractivity contribution in [1.82, 2.24) is 14.7 Å². The van der Waals surface area contributed by atoms with Gasteiger partial charge in [-0.25, -0.2) is 0 Å². The lowest BCUT2D eigenvalue weighted by Gasteiger charge is -2.45. The Kier molecular flexibility index (Phi) is 6.65. The van der Waals surface area contributed by atoms with Crippen LogP contribution >= 0.6 is 11.6 Å². The maximum absolute atomic E-state index is 10.4. The predicted octanol–water partition coefficient (Wildman–Crippen LogP) is 1.01. The van der Waals surface area contributed by atoms with Crippen LogP contribution in [0, 0.1) is 5.41 Å². The fourth-order valence-electron chi connectivity index (χ4n) is 3.18. The van der Waals surface area contributed by atoms with Crippen LogP contribution < -0.4 is 0 Å². The molecule has 1 saturated heterocycles. The van der Waals surface area contributed by atoms with Crippen molar-refractivity contribution in [3.63, 3.8) is 0 Å². The maximum Gasteiger partial charge on any atom is 0.0785 e. The minimum atomic E-state index is -0.454. The van der Waals surface area contributed by atoms with E-state index in [1.807, 2.05) is 4.68 Å². The zero-order valence-corrected chi connectivity index (χ0v) is 13.9. The van der Waals surface area contributed by atoms with Gasteiger partial charge in [0.1, 0.15) is 0 Å². The van der Waals surface area contributed by atoms with Crippen molar-refractivity contribution in [2.75, 3.05) is 40.0 Å². The molecule has 1 aromatic heterocycles. The highest BCUT2D eigenvalue weighted by atomic mass is 35.5. The van der Waals surface area contributed by atoms with Crippen LogP contribution in [0.1, 0.15) is 19.3 Å². The molecule has 2 N–H and O–H groups in total. The highest BCUT2D eigenvalue weighted by Gasteiger charge is 2.41. The van der Waals surface area contributed by atoms with Gasteiger partial charge in [-0.1, -0.05) is 11.6 Å². The van der Waals surface area contributed by atoms with E-state index in [1.54, 1.807) is 19.5 Å². The number of rotatable bonds is 8. The van der Waals surface area contributed by atoms with Crippen LogP contribution in [0.4, 0.5) is 0 Å². The van der Waals surface area contributed by atoms with Crippen LogP contribution in [0.15, 0.2) is 12.4 Å². The fourth-order valence-corrected chi connectivity index (χ4v) is 3.34. The zero-order valence-electron chi connectivity index (χ0n) is 13.1. The summed E-state index contributed by atoms with van der Waals surface area (Å²) < 4.78 is 6.91. The number of likely N-dealkylation sites (tertiary alicyclic amines) is 1. The Bertz CT molecular complexity index is 457. The first-order valence-electron chi connectivity index (χ1n) is 7.78. The molecule has 0 aromatic carbocycles. The topological polar surface area (TPSA) is 70.8 Å². The van der Waals surface area contributed by atoms with Crippen LogP contribution in [0.3, 0.4) is 0 Å². The Morgan fingerprint density at radius 1 is 1.50 bits per heavy atom. The summed E-state index contributed by atoms with van der Waals surface area (Å²) in [6.07, 6.45) is 5.28. The number of ether oxygens (including phenoxy) is 1. The number of nitrogens with zero attached hydrogens (tertiary/aromatic N) is 3. The van der Waals surface area contributed by atoms with E-state index in [1.165, 1.54) is 0 Å². The Morgan fingerprint density at radius 2 is 2.32 bits per heavy atom. The normalized spacial score (nSPS) is 26.5. The van der Waals surface area contributed by atoms with Gasteiger partial charge in [-0.05, 0) is 19.3 Å². The molecule has 0 bridgehead atoms. The predicted molar refractivity (Wildman–Crippen MR) is 84.9 cm³/mol. The van der Waals surface area contributed by atoms with Gasteiger partial charge in [0.2, 0.25) is 0 Å². The first-order valence-corrected chi connectivity index (χ1v) is 8.15. The lowest BCUT2D eigenvalue weighted by molar-refractivity contribution is -0.0829. The van der Waals surface area contributed by atoms with Gasteiger partial charge in [-0.2, -0.15) is 5.10 Å². The molecule has 2 atom stereocenters. The van der Waals surface area contributed by atoms with Crippen molar-refractivity contribution in [2.24, 2.45) is 5.41 Å². The molecule has 0 radical (unpaired) electrons. The summed E-state index contributed by atoms with van der Waals surface area (Å²) in [5.74, 6) is 0. The van der Waals surface area contributed by atoms with E-state index in [2.05, 4.69) is 10.00 Å². The summed E-state index contributed by atoms with van der Waals surface area (Å²) >= 11 is 5.86. The van der Waals surface area contributed by atoms with Crippen LogP contribution in [0.2, 0.25) is 5.02 Å². The number of hydrogen-bond donors (Lipinski definition) is 2. The molecule has 2 rings (SSSR count). The molecule has 1 aliphatic rings. The summed E-state index contributed by atoms with van der Waals surface area (Å²) in [5, 5.41) is 25.0. The molecule has 6 nitrogen and oxygen atoms in total. The third kappa shape index (κ3) is 4.43. The molecule has 0 unspecified atom stereocenters. The van der Waals surface area contributed by atoms with Gasteiger partial charge in [0.05, 0.1) is 30.5 Å². The number of piperidine rings is 1. The van der Waals surface area contributed by atoms with Crippen LogP contribution in [0.5, 0.6) is 0 Å². The number of hydrogen-bond acceptors (Lipinski definition) is 5. The minimum Gasteiger partial charge on any atom is -0.396 e. The van der Waals surface area contributed by atoms with Crippen molar-refractivity contribution in [1.29, 1.82) is 0 Å². The van der Waals surface area contributed by atoms with E-state index in [9.17, 15) is 10.2 Å². The molecule has 126 valence electrons. The molecule has 0 saturated carbocycles. The van der Waals surface area contributed by atoms with E-state index < -0.39 is 11.5 Å². The first-order chi connectivity index (χ1) is 10.6. The fraction of sp³-hybridized carbons (Fsp3) is 0.800. The number of aliphatic hydroxyl groups is 2. The summed E-state index contributed by atoms with van der Waals surface area (Å²) in [6, 6.07) is 0. The highest BCUT2D eigenvalue weighted by Crippen LogP contribution is 2.34. The van der Waals surface area contributed by atoms with Gasteiger partial charge in [-0.3, -0.25) is 4.68 Å². The lowest BCUT2D eigenvalue weighted by Crippen LogP contribution is -2.54. The maximum atomic E-state index is 10.4. The standard InChI is InChI=1S/C15H26ClN3O3/c1-22-8-2-4-15(12-20)11-18(5-3-14(15)21)6-7-19-10-13(16)9-17-19/h9-10,14,20-21H,2-8,11-12H2,1H3/t14-,15+/m1/s1. The minimum absolute atomic E-state index is 0.00196. The summed E-state index contributed by atoms with van der Waals surface area (Å²) in [4.78, 5) is 2.28. The largest absolute Gasteiger partial charge is 0.396 e. The molecule has 7 heteroatoms. The molecule has 0 spiro atoms. The van der Waals surface area contributed by atoms with Gasteiger partial charge in [-0.15, -0.1) is 0 Å². The van der Waals surface area contributed by atoms with Crippen molar-refractivity contribution in [2.45, 2.75) is 31.9 Å². The quantitative estimate of drug-likeness (QED) is 0.696. The average molecular weight is 332 g/mol. The SMILES string of the molecule is COCCC[C@@]1(CO)CN(CCn2cc(Cl)cn2)CC[C@H]1O. The van der Waals surface area contributed by atoms with Gasteiger partial charge >= 0.3 is 0 Å². The van der Waals surface area contributed by atoms with E-state index >= 15 is 0 Å². The lowest BCUT2D eigenvalue weighted by atomic mass is 9.74. The van der Waals surface area contributed by atoms with Crippen LogP contribution in [-0.2, 0) is 11.3 Å². The average Bonchev–Trinajstić information content (AvgIpc) is 2.93. The molecule has 22 heavy (non-hydrogen) atoms. The van der Waals surface area contributed by atoms with E-state index in [4.69, 9.17) is 16.3 Å². The van der Waals surface area contributed by atoms with Crippen LogP contribution in [0.25, 0.3) is 0 Å². The summed E-state index contributed by atoms with van der Waals surface area (Å²) in [6.45, 7) is 3.77. The van der Waals surface area contributed by atoms with Crippen molar-refractivity contribution < 1.29 is 14.9 Å². The van der Waals surface area contributed by atoms with Crippen molar-refractivity contribution in [3.8, 4) is 0 Å². The van der Waals surface area contributed by atoms with Gasteiger partial charge < -0.3 is 19.8 Å². The second-order valence-electron chi connectivity index (χ2n) is 6.12. The molecule has 1 fully saturated rings. The van der Waals surface area contributed by atoms with Gasteiger partial charge in [0, 0.05) is 45.0 Å². The molecule has 2 heterocycles. The molecule has 0 amide bonds.